The molecule has 21 heavy (non-hydrogen) atoms. The second-order valence-electron chi connectivity index (χ2n) is 5.39. The fourth-order valence-corrected chi connectivity index (χ4v) is 4.51. The maximum Gasteiger partial charge on any atom is 0.335 e. The van der Waals surface area contributed by atoms with Crippen LogP contribution in [0.15, 0.2) is 24.3 Å². The molecule has 6 nitrogen and oxygen atoms in total. The average molecular weight is 313 g/mol. The summed E-state index contributed by atoms with van der Waals surface area (Å²) in [4.78, 5) is 10.9. The molecule has 0 aromatic heterocycles. The van der Waals surface area contributed by atoms with Gasteiger partial charge in [0.05, 0.1) is 24.0 Å². The lowest BCUT2D eigenvalue weighted by Crippen LogP contribution is -2.40. The van der Waals surface area contributed by atoms with E-state index in [9.17, 15) is 18.3 Å². The van der Waals surface area contributed by atoms with E-state index in [0.717, 1.165) is 6.42 Å². The molecule has 7 heteroatoms. The Kier molecular flexibility index (Phi) is 4.65. The van der Waals surface area contributed by atoms with E-state index in [2.05, 4.69) is 0 Å². The minimum Gasteiger partial charge on any atom is -0.478 e. The predicted octanol–water partition coefficient (Wildman–Crippen LogP) is 0.917. The minimum absolute atomic E-state index is 0.0659. The number of nitrogens with zero attached hydrogens (tertiary/aromatic N) is 1. The van der Waals surface area contributed by atoms with Crippen LogP contribution in [0.5, 0.6) is 0 Å². The lowest BCUT2D eigenvalue weighted by molar-refractivity contribution is 0.0696. The van der Waals surface area contributed by atoms with Gasteiger partial charge in [-0.15, -0.1) is 0 Å². The zero-order chi connectivity index (χ0) is 15.6. The summed E-state index contributed by atoms with van der Waals surface area (Å²) in [5, 5.41) is 18.3. The number of aromatic carboxylic acids is 1. The van der Waals surface area contributed by atoms with Gasteiger partial charge in [0.1, 0.15) is 0 Å². The fraction of sp³-hybridized carbons (Fsp3) is 0.500. The van der Waals surface area contributed by atoms with Gasteiger partial charge in [-0.25, -0.2) is 13.2 Å². The molecule has 0 bridgehead atoms. The van der Waals surface area contributed by atoms with Crippen molar-refractivity contribution in [3.63, 3.8) is 0 Å². The zero-order valence-corrected chi connectivity index (χ0v) is 12.6. The number of carboxylic acids is 1. The molecule has 0 spiro atoms. The van der Waals surface area contributed by atoms with E-state index in [4.69, 9.17) is 5.11 Å². The Labute approximate surface area is 124 Å². The first kappa shape index (κ1) is 15.9. The molecule has 1 aliphatic heterocycles. The number of benzene rings is 1. The summed E-state index contributed by atoms with van der Waals surface area (Å²) in [5.74, 6) is -1.22. The third-order valence-corrected chi connectivity index (χ3v) is 5.77. The standard InChI is InChI=1S/C14H19NO5S/c1-10-5-6-15(13(10)8-16)21(19,20)9-11-3-2-4-12(7-11)14(17)18/h2-4,7,10,13,16H,5-6,8-9H2,1H3,(H,17,18). The summed E-state index contributed by atoms with van der Waals surface area (Å²) in [7, 11) is -3.57. The third-order valence-electron chi connectivity index (χ3n) is 3.90. The molecule has 116 valence electrons. The van der Waals surface area contributed by atoms with Crippen LogP contribution in [0.2, 0.25) is 0 Å². The second kappa shape index (κ2) is 6.13. The van der Waals surface area contributed by atoms with Gasteiger partial charge in [0, 0.05) is 6.54 Å². The van der Waals surface area contributed by atoms with Crippen molar-refractivity contribution in [2.75, 3.05) is 13.2 Å². The van der Waals surface area contributed by atoms with Crippen molar-refractivity contribution in [1.29, 1.82) is 0 Å². The summed E-state index contributed by atoms with van der Waals surface area (Å²) in [5.41, 5.74) is 0.502. The van der Waals surface area contributed by atoms with Crippen molar-refractivity contribution in [3.05, 3.63) is 35.4 Å². The third kappa shape index (κ3) is 3.42. The summed E-state index contributed by atoms with van der Waals surface area (Å²) in [6.45, 7) is 2.12. The van der Waals surface area contributed by atoms with Crippen molar-refractivity contribution in [2.45, 2.75) is 25.1 Å². The fourth-order valence-electron chi connectivity index (χ4n) is 2.68. The highest BCUT2D eigenvalue weighted by molar-refractivity contribution is 7.88. The molecule has 0 radical (unpaired) electrons. The van der Waals surface area contributed by atoms with Crippen LogP contribution in [0.4, 0.5) is 0 Å². The second-order valence-corrected chi connectivity index (χ2v) is 7.31. The lowest BCUT2D eigenvalue weighted by atomic mass is 10.0. The number of hydrogen-bond donors (Lipinski definition) is 2. The number of aliphatic hydroxyl groups is 1. The minimum atomic E-state index is -3.57. The van der Waals surface area contributed by atoms with E-state index in [-0.39, 0.29) is 23.8 Å². The molecule has 1 aliphatic rings. The quantitative estimate of drug-likeness (QED) is 0.843. The summed E-state index contributed by atoms with van der Waals surface area (Å²) >= 11 is 0. The van der Waals surface area contributed by atoms with Gasteiger partial charge in [-0.3, -0.25) is 0 Å². The topological polar surface area (TPSA) is 94.9 Å². The monoisotopic (exact) mass is 313 g/mol. The Morgan fingerprint density at radius 1 is 1.43 bits per heavy atom. The van der Waals surface area contributed by atoms with Gasteiger partial charge in [0.15, 0.2) is 0 Å². The molecule has 0 amide bonds. The molecule has 2 atom stereocenters. The van der Waals surface area contributed by atoms with E-state index in [1.165, 1.54) is 22.5 Å². The molecule has 2 N–H and O–H groups in total. The number of rotatable bonds is 5. The van der Waals surface area contributed by atoms with Gasteiger partial charge in [-0.2, -0.15) is 4.31 Å². The van der Waals surface area contributed by atoms with Gasteiger partial charge in [0.25, 0.3) is 0 Å². The zero-order valence-electron chi connectivity index (χ0n) is 11.8. The molecule has 0 saturated carbocycles. The maximum absolute atomic E-state index is 12.5. The Morgan fingerprint density at radius 2 is 2.14 bits per heavy atom. The summed E-state index contributed by atoms with van der Waals surface area (Å²) in [6, 6.07) is 5.53. The van der Waals surface area contributed by atoms with E-state index in [1.807, 2.05) is 6.92 Å². The molecular formula is C14H19NO5S. The summed E-state index contributed by atoms with van der Waals surface area (Å²) in [6.07, 6.45) is 0.722. The van der Waals surface area contributed by atoms with Gasteiger partial charge in [-0.05, 0) is 30.0 Å². The van der Waals surface area contributed by atoms with Gasteiger partial charge in [-0.1, -0.05) is 19.1 Å². The Bertz CT molecular complexity index is 628. The molecule has 1 heterocycles. The van der Waals surface area contributed by atoms with Crippen LogP contribution in [0, 0.1) is 5.92 Å². The van der Waals surface area contributed by atoms with Crippen LogP contribution in [0.3, 0.4) is 0 Å². The number of sulfonamides is 1. The van der Waals surface area contributed by atoms with E-state index >= 15 is 0 Å². The molecule has 1 aromatic rings. The van der Waals surface area contributed by atoms with Crippen LogP contribution in [0.1, 0.15) is 29.3 Å². The Morgan fingerprint density at radius 3 is 2.76 bits per heavy atom. The number of carbonyl (C=O) groups is 1. The average Bonchev–Trinajstić information content (AvgIpc) is 2.80. The molecule has 2 unspecified atom stereocenters. The van der Waals surface area contributed by atoms with Crippen molar-refractivity contribution in [3.8, 4) is 0 Å². The van der Waals surface area contributed by atoms with E-state index in [1.54, 1.807) is 6.07 Å². The smallest absolute Gasteiger partial charge is 0.335 e. The van der Waals surface area contributed by atoms with E-state index < -0.39 is 22.0 Å². The number of hydrogen-bond acceptors (Lipinski definition) is 4. The first-order valence-corrected chi connectivity index (χ1v) is 8.38. The lowest BCUT2D eigenvalue weighted by Gasteiger charge is -2.24. The normalized spacial score (nSPS) is 23.3. The number of carboxylic acid groups (broad SMARTS) is 1. The van der Waals surface area contributed by atoms with Crippen molar-refractivity contribution >= 4 is 16.0 Å². The molecular weight excluding hydrogens is 294 g/mol. The first-order valence-electron chi connectivity index (χ1n) is 6.78. The van der Waals surface area contributed by atoms with Gasteiger partial charge >= 0.3 is 5.97 Å². The Hall–Kier alpha value is -1.44. The van der Waals surface area contributed by atoms with Gasteiger partial charge in [0.2, 0.25) is 10.0 Å². The SMILES string of the molecule is CC1CCN(S(=O)(=O)Cc2cccc(C(=O)O)c2)C1CO. The number of aliphatic hydroxyl groups excluding tert-OH is 1. The largest absolute Gasteiger partial charge is 0.478 e. The molecule has 0 aliphatic carbocycles. The molecule has 1 aromatic carbocycles. The first-order chi connectivity index (χ1) is 9.85. The highest BCUT2D eigenvalue weighted by Crippen LogP contribution is 2.28. The predicted molar refractivity (Wildman–Crippen MR) is 77.4 cm³/mol. The molecule has 1 saturated heterocycles. The van der Waals surface area contributed by atoms with Crippen LogP contribution in [-0.4, -0.2) is 48.1 Å². The van der Waals surface area contributed by atoms with Crippen molar-refractivity contribution in [1.82, 2.24) is 4.31 Å². The maximum atomic E-state index is 12.5. The Balaban J connectivity index is 2.22. The van der Waals surface area contributed by atoms with Gasteiger partial charge < -0.3 is 10.2 Å². The molecule has 2 rings (SSSR count). The summed E-state index contributed by atoms with van der Waals surface area (Å²) < 4.78 is 26.3. The van der Waals surface area contributed by atoms with Crippen molar-refractivity contribution < 1.29 is 23.4 Å². The van der Waals surface area contributed by atoms with Crippen LogP contribution in [-0.2, 0) is 15.8 Å². The molecule has 1 fully saturated rings. The highest BCUT2D eigenvalue weighted by Gasteiger charge is 2.38. The van der Waals surface area contributed by atoms with Crippen molar-refractivity contribution in [2.24, 2.45) is 5.92 Å². The van der Waals surface area contributed by atoms with Crippen LogP contribution in [0.25, 0.3) is 0 Å². The highest BCUT2D eigenvalue weighted by atomic mass is 32.2. The van der Waals surface area contributed by atoms with Crippen LogP contribution >= 0.6 is 0 Å². The van der Waals surface area contributed by atoms with E-state index in [0.29, 0.717) is 12.1 Å². The van der Waals surface area contributed by atoms with Crippen LogP contribution < -0.4 is 0 Å².